The molecule has 7 heteroatoms. The topological polar surface area (TPSA) is 62.4 Å². The molecule has 148 valence electrons. The Kier molecular flexibility index (Phi) is 5.19. The highest BCUT2D eigenvalue weighted by molar-refractivity contribution is 5.56. The van der Waals surface area contributed by atoms with Crippen molar-refractivity contribution in [2.45, 2.75) is 19.6 Å². The van der Waals surface area contributed by atoms with Gasteiger partial charge in [0.2, 0.25) is 0 Å². The second kappa shape index (κ2) is 7.77. The van der Waals surface area contributed by atoms with E-state index in [0.29, 0.717) is 5.82 Å². The Morgan fingerprint density at radius 3 is 2.46 bits per heavy atom. The molecule has 1 fully saturated rings. The van der Waals surface area contributed by atoms with E-state index in [0.717, 1.165) is 49.8 Å². The van der Waals surface area contributed by atoms with Gasteiger partial charge in [0.25, 0.3) is 0 Å². The molecule has 0 bridgehead atoms. The lowest BCUT2D eigenvalue weighted by Gasteiger charge is -2.37. The number of piperazine rings is 1. The van der Waals surface area contributed by atoms with Gasteiger partial charge in [0, 0.05) is 76.7 Å². The predicted molar refractivity (Wildman–Crippen MR) is 109 cm³/mol. The van der Waals surface area contributed by atoms with Crippen molar-refractivity contribution < 1.29 is 5.11 Å². The molecule has 1 atom stereocenters. The molecule has 1 aliphatic heterocycles. The van der Waals surface area contributed by atoms with E-state index >= 15 is 0 Å². The van der Waals surface area contributed by atoms with Crippen molar-refractivity contribution >= 4 is 5.69 Å². The number of aliphatic hydroxyl groups excluding tert-OH is 1. The van der Waals surface area contributed by atoms with Crippen LogP contribution in [-0.2, 0) is 20.6 Å². The molecule has 0 aliphatic carbocycles. The average molecular weight is 380 g/mol. The lowest BCUT2D eigenvalue weighted by Crippen LogP contribution is -2.46. The fourth-order valence-corrected chi connectivity index (χ4v) is 3.86. The van der Waals surface area contributed by atoms with Crippen LogP contribution in [0.25, 0.3) is 0 Å². The van der Waals surface area contributed by atoms with Crippen LogP contribution < -0.4 is 4.90 Å². The summed E-state index contributed by atoms with van der Waals surface area (Å²) < 4.78 is 4.03. The van der Waals surface area contributed by atoms with Gasteiger partial charge in [0.15, 0.2) is 0 Å². The number of aromatic nitrogens is 4. The molecule has 1 aromatic carbocycles. The highest BCUT2D eigenvalue weighted by atomic mass is 16.3. The summed E-state index contributed by atoms with van der Waals surface area (Å²) in [7, 11) is 3.98. The molecule has 2 aromatic heterocycles. The minimum Gasteiger partial charge on any atom is -0.380 e. The molecule has 3 aromatic rings. The third kappa shape index (κ3) is 3.55. The van der Waals surface area contributed by atoms with Gasteiger partial charge in [-0.05, 0) is 13.0 Å². The van der Waals surface area contributed by atoms with Crippen LogP contribution in [0.1, 0.15) is 29.0 Å². The molecule has 1 saturated heterocycles. The van der Waals surface area contributed by atoms with E-state index in [4.69, 9.17) is 0 Å². The third-order valence-electron chi connectivity index (χ3n) is 5.75. The SMILES string of the molecule is Cc1ncc(CN2CCN(c3ccccc3[C@@H](O)c3nccn3C)CC2)n1C. The fourth-order valence-electron chi connectivity index (χ4n) is 3.86. The molecule has 0 saturated carbocycles. The van der Waals surface area contributed by atoms with Gasteiger partial charge in [-0.2, -0.15) is 0 Å². The van der Waals surface area contributed by atoms with Crippen LogP contribution in [0.5, 0.6) is 0 Å². The van der Waals surface area contributed by atoms with Crippen molar-refractivity contribution in [3.05, 3.63) is 65.8 Å². The van der Waals surface area contributed by atoms with E-state index in [2.05, 4.69) is 37.4 Å². The number of imidazole rings is 2. The second-order valence-electron chi connectivity index (χ2n) is 7.48. The largest absolute Gasteiger partial charge is 0.380 e. The molecule has 7 nitrogen and oxygen atoms in total. The second-order valence-corrected chi connectivity index (χ2v) is 7.48. The third-order valence-corrected chi connectivity index (χ3v) is 5.75. The van der Waals surface area contributed by atoms with Crippen molar-refractivity contribution in [1.82, 2.24) is 24.0 Å². The number of nitrogens with zero attached hydrogens (tertiary/aromatic N) is 6. The molecule has 0 amide bonds. The zero-order valence-corrected chi connectivity index (χ0v) is 16.8. The number of hydrogen-bond donors (Lipinski definition) is 1. The smallest absolute Gasteiger partial charge is 0.142 e. The molecule has 1 aliphatic rings. The predicted octanol–water partition coefficient (Wildman–Crippen LogP) is 1.87. The van der Waals surface area contributed by atoms with Gasteiger partial charge >= 0.3 is 0 Å². The summed E-state index contributed by atoms with van der Waals surface area (Å²) >= 11 is 0. The molecule has 1 N–H and O–H groups in total. The Morgan fingerprint density at radius 1 is 1.07 bits per heavy atom. The number of aliphatic hydroxyl groups is 1. The van der Waals surface area contributed by atoms with Crippen LogP contribution >= 0.6 is 0 Å². The first-order valence-electron chi connectivity index (χ1n) is 9.73. The van der Waals surface area contributed by atoms with E-state index in [9.17, 15) is 5.11 Å². The van der Waals surface area contributed by atoms with Gasteiger partial charge in [-0.1, -0.05) is 18.2 Å². The first-order chi connectivity index (χ1) is 13.5. The summed E-state index contributed by atoms with van der Waals surface area (Å²) in [6.07, 6.45) is 4.83. The Morgan fingerprint density at radius 2 is 1.82 bits per heavy atom. The maximum absolute atomic E-state index is 10.9. The van der Waals surface area contributed by atoms with E-state index in [1.54, 1.807) is 6.20 Å². The van der Waals surface area contributed by atoms with Gasteiger partial charge in [-0.15, -0.1) is 0 Å². The molecular formula is C21H28N6O. The number of benzene rings is 1. The summed E-state index contributed by atoms with van der Waals surface area (Å²) in [6.45, 7) is 6.78. The number of rotatable bonds is 5. The number of para-hydroxylation sites is 1. The van der Waals surface area contributed by atoms with Crippen LogP contribution in [0.3, 0.4) is 0 Å². The standard InChI is InChI=1S/C21H28N6O/c1-16-23-14-17(25(16)3)15-26-10-12-27(13-11-26)19-7-5-4-6-18(19)20(28)21-22-8-9-24(21)2/h4-9,14,20,28H,10-13,15H2,1-3H3/t20-/m1/s1. The van der Waals surface area contributed by atoms with Gasteiger partial charge in [-0.25, -0.2) is 9.97 Å². The minimum atomic E-state index is -0.730. The van der Waals surface area contributed by atoms with Crippen molar-refractivity contribution in [1.29, 1.82) is 0 Å². The highest BCUT2D eigenvalue weighted by Gasteiger charge is 2.24. The number of hydrogen-bond acceptors (Lipinski definition) is 5. The normalized spacial score (nSPS) is 16.5. The van der Waals surface area contributed by atoms with E-state index in [1.165, 1.54) is 5.69 Å². The van der Waals surface area contributed by atoms with Gasteiger partial charge in [0.1, 0.15) is 17.8 Å². The van der Waals surface area contributed by atoms with E-state index < -0.39 is 6.10 Å². The lowest BCUT2D eigenvalue weighted by atomic mass is 10.0. The lowest BCUT2D eigenvalue weighted by molar-refractivity contribution is 0.205. The van der Waals surface area contributed by atoms with Crippen molar-refractivity contribution in [2.24, 2.45) is 14.1 Å². The monoisotopic (exact) mass is 380 g/mol. The average Bonchev–Trinajstić information content (AvgIpc) is 3.28. The zero-order chi connectivity index (χ0) is 19.7. The van der Waals surface area contributed by atoms with Crippen LogP contribution in [0.2, 0.25) is 0 Å². The first-order valence-corrected chi connectivity index (χ1v) is 9.73. The zero-order valence-electron chi connectivity index (χ0n) is 16.8. The summed E-state index contributed by atoms with van der Waals surface area (Å²) in [5.74, 6) is 1.71. The van der Waals surface area contributed by atoms with E-state index in [-0.39, 0.29) is 0 Å². The highest BCUT2D eigenvalue weighted by Crippen LogP contribution is 2.30. The van der Waals surface area contributed by atoms with Crippen LogP contribution in [0.15, 0.2) is 42.9 Å². The molecule has 0 unspecified atom stereocenters. The number of anilines is 1. The fraction of sp³-hybridized carbons (Fsp3) is 0.429. The summed E-state index contributed by atoms with van der Waals surface area (Å²) in [5.41, 5.74) is 3.25. The van der Waals surface area contributed by atoms with Gasteiger partial charge < -0.3 is 19.1 Å². The Bertz CT molecular complexity index is 938. The quantitative estimate of drug-likeness (QED) is 0.732. The Labute approximate surface area is 165 Å². The maximum Gasteiger partial charge on any atom is 0.142 e. The molecule has 0 spiro atoms. The van der Waals surface area contributed by atoms with Crippen molar-refractivity contribution in [3.8, 4) is 0 Å². The summed E-state index contributed by atoms with van der Waals surface area (Å²) in [4.78, 5) is 13.6. The van der Waals surface area contributed by atoms with Crippen molar-refractivity contribution in [2.75, 3.05) is 31.1 Å². The number of aryl methyl sites for hydroxylation is 2. The Balaban J connectivity index is 1.46. The Hall–Kier alpha value is -2.64. The van der Waals surface area contributed by atoms with E-state index in [1.807, 2.05) is 49.1 Å². The summed E-state index contributed by atoms with van der Waals surface area (Å²) in [5, 5.41) is 10.9. The van der Waals surface area contributed by atoms with Crippen LogP contribution in [-0.4, -0.2) is 55.3 Å². The molecular weight excluding hydrogens is 352 g/mol. The molecule has 3 heterocycles. The first kappa shape index (κ1) is 18.7. The van der Waals surface area contributed by atoms with Gasteiger partial charge in [0.05, 0.1) is 5.69 Å². The molecule has 0 radical (unpaired) electrons. The summed E-state index contributed by atoms with van der Waals surface area (Å²) in [6, 6.07) is 8.11. The molecule has 28 heavy (non-hydrogen) atoms. The molecule has 4 rings (SSSR count). The van der Waals surface area contributed by atoms with Gasteiger partial charge in [-0.3, -0.25) is 4.90 Å². The minimum absolute atomic E-state index is 0.665. The van der Waals surface area contributed by atoms with Crippen LogP contribution in [0, 0.1) is 6.92 Å². The maximum atomic E-state index is 10.9. The van der Waals surface area contributed by atoms with Crippen molar-refractivity contribution in [3.63, 3.8) is 0 Å². The van der Waals surface area contributed by atoms with Crippen LogP contribution in [0.4, 0.5) is 5.69 Å².